The molecule has 0 aromatic heterocycles. The van der Waals surface area contributed by atoms with Crippen LogP contribution in [0.4, 0.5) is 0 Å². The third-order valence-corrected chi connectivity index (χ3v) is 3.91. The number of amides is 1. The fourth-order valence-corrected chi connectivity index (χ4v) is 2.16. The van der Waals surface area contributed by atoms with E-state index < -0.39 is 0 Å². The molecule has 0 atom stereocenters. The van der Waals surface area contributed by atoms with Gasteiger partial charge in [-0.05, 0) is 31.0 Å². The van der Waals surface area contributed by atoms with Gasteiger partial charge in [-0.1, -0.05) is 26.5 Å². The van der Waals surface area contributed by atoms with E-state index in [1.807, 2.05) is 13.8 Å². The van der Waals surface area contributed by atoms with Gasteiger partial charge in [-0.2, -0.15) is 0 Å². The van der Waals surface area contributed by atoms with Crippen LogP contribution >= 0.6 is 0 Å². The molecule has 0 fully saturated rings. The van der Waals surface area contributed by atoms with Crippen LogP contribution in [0, 0.1) is 0 Å². The van der Waals surface area contributed by atoms with Gasteiger partial charge >= 0.3 is 0 Å². The number of carbonyl (C=O) groups is 1. The molecule has 0 radical (unpaired) electrons. The van der Waals surface area contributed by atoms with Crippen LogP contribution in [0.25, 0.3) is 0 Å². The van der Waals surface area contributed by atoms with Gasteiger partial charge in [-0.25, -0.2) is 0 Å². The minimum Gasteiger partial charge on any atom is -0.493 e. The van der Waals surface area contributed by atoms with Crippen LogP contribution in [0.2, 0.25) is 0 Å². The number of rotatable bonds is 9. The Morgan fingerprint density at radius 2 is 2.05 bits per heavy atom. The SMILES string of the molecule is C=CCOc1ccc(C(=O)NC(CC)(CC)CN)cc1OC. The van der Waals surface area contributed by atoms with E-state index in [9.17, 15) is 4.79 Å². The van der Waals surface area contributed by atoms with Gasteiger partial charge in [0.2, 0.25) is 0 Å². The minimum atomic E-state index is -0.373. The molecule has 0 bridgehead atoms. The molecule has 0 saturated heterocycles. The van der Waals surface area contributed by atoms with Crippen molar-refractivity contribution in [3.63, 3.8) is 0 Å². The molecule has 0 aliphatic carbocycles. The number of methoxy groups -OCH3 is 1. The molecule has 22 heavy (non-hydrogen) atoms. The van der Waals surface area contributed by atoms with E-state index in [4.69, 9.17) is 15.2 Å². The van der Waals surface area contributed by atoms with Crippen LogP contribution in [0.15, 0.2) is 30.9 Å². The molecule has 1 rings (SSSR count). The van der Waals surface area contributed by atoms with E-state index in [1.165, 1.54) is 0 Å². The van der Waals surface area contributed by atoms with Gasteiger partial charge in [0, 0.05) is 12.1 Å². The molecule has 3 N–H and O–H groups in total. The van der Waals surface area contributed by atoms with Gasteiger partial charge in [-0.3, -0.25) is 4.79 Å². The first-order chi connectivity index (χ1) is 10.6. The van der Waals surface area contributed by atoms with Crippen molar-refractivity contribution in [2.75, 3.05) is 20.3 Å². The van der Waals surface area contributed by atoms with E-state index in [-0.39, 0.29) is 11.4 Å². The molecule has 0 aliphatic rings. The first-order valence-electron chi connectivity index (χ1n) is 7.50. The maximum Gasteiger partial charge on any atom is 0.251 e. The summed E-state index contributed by atoms with van der Waals surface area (Å²) in [7, 11) is 1.54. The van der Waals surface area contributed by atoms with Gasteiger partial charge in [0.15, 0.2) is 11.5 Å². The predicted molar refractivity (Wildman–Crippen MR) is 88.5 cm³/mol. The summed E-state index contributed by atoms with van der Waals surface area (Å²) < 4.78 is 10.8. The molecule has 0 aliphatic heterocycles. The van der Waals surface area contributed by atoms with Crippen LogP contribution in [-0.4, -0.2) is 31.7 Å². The van der Waals surface area contributed by atoms with E-state index in [1.54, 1.807) is 31.4 Å². The summed E-state index contributed by atoms with van der Waals surface area (Å²) in [6.07, 6.45) is 3.21. The molecule has 1 aromatic rings. The lowest BCUT2D eigenvalue weighted by molar-refractivity contribution is 0.0895. The molecule has 1 aromatic carbocycles. The largest absolute Gasteiger partial charge is 0.493 e. The zero-order valence-electron chi connectivity index (χ0n) is 13.6. The number of nitrogens with two attached hydrogens (primary N) is 1. The standard InChI is InChI=1S/C17H26N2O3/c1-5-10-22-14-9-8-13(11-15(14)21-4)16(20)19-17(6-2,7-3)12-18/h5,8-9,11H,1,6-7,10,12,18H2,2-4H3,(H,19,20). The molecule has 5 heteroatoms. The van der Waals surface area contributed by atoms with Crippen molar-refractivity contribution < 1.29 is 14.3 Å². The Kier molecular flexibility index (Phi) is 6.92. The summed E-state index contributed by atoms with van der Waals surface area (Å²) in [6.45, 7) is 8.42. The number of benzene rings is 1. The van der Waals surface area contributed by atoms with E-state index in [0.717, 1.165) is 12.8 Å². The van der Waals surface area contributed by atoms with Crippen LogP contribution in [-0.2, 0) is 0 Å². The summed E-state index contributed by atoms with van der Waals surface area (Å²) in [5.74, 6) is 0.929. The zero-order valence-corrected chi connectivity index (χ0v) is 13.6. The molecular weight excluding hydrogens is 280 g/mol. The highest BCUT2D eigenvalue weighted by atomic mass is 16.5. The molecule has 0 saturated carbocycles. The van der Waals surface area contributed by atoms with Crippen molar-refractivity contribution in [3.05, 3.63) is 36.4 Å². The Labute approximate surface area is 132 Å². The third-order valence-electron chi connectivity index (χ3n) is 3.91. The Morgan fingerprint density at radius 3 is 2.55 bits per heavy atom. The number of ether oxygens (including phenoxy) is 2. The van der Waals surface area contributed by atoms with Gasteiger partial charge < -0.3 is 20.5 Å². The van der Waals surface area contributed by atoms with E-state index in [2.05, 4.69) is 11.9 Å². The zero-order chi connectivity index (χ0) is 16.6. The highest BCUT2D eigenvalue weighted by molar-refractivity contribution is 5.95. The normalized spacial score (nSPS) is 10.9. The molecule has 122 valence electrons. The Morgan fingerprint density at radius 1 is 1.36 bits per heavy atom. The first kappa shape index (κ1) is 18.0. The minimum absolute atomic E-state index is 0.164. The summed E-state index contributed by atoms with van der Waals surface area (Å²) in [4.78, 5) is 12.5. The monoisotopic (exact) mass is 306 g/mol. The van der Waals surface area contributed by atoms with Crippen LogP contribution in [0.1, 0.15) is 37.0 Å². The smallest absolute Gasteiger partial charge is 0.251 e. The quantitative estimate of drug-likeness (QED) is 0.688. The maximum atomic E-state index is 12.5. The lowest BCUT2D eigenvalue weighted by Gasteiger charge is -2.31. The van der Waals surface area contributed by atoms with Crippen LogP contribution in [0.3, 0.4) is 0 Å². The highest BCUT2D eigenvalue weighted by Gasteiger charge is 2.27. The van der Waals surface area contributed by atoms with Crippen molar-refractivity contribution in [3.8, 4) is 11.5 Å². The predicted octanol–water partition coefficient (Wildman–Crippen LogP) is 2.51. The van der Waals surface area contributed by atoms with Gasteiger partial charge in [-0.15, -0.1) is 0 Å². The molecule has 1 amide bonds. The van der Waals surface area contributed by atoms with Crippen molar-refractivity contribution in [1.29, 1.82) is 0 Å². The van der Waals surface area contributed by atoms with E-state index >= 15 is 0 Å². The van der Waals surface area contributed by atoms with Gasteiger partial charge in [0.25, 0.3) is 5.91 Å². The van der Waals surface area contributed by atoms with Crippen molar-refractivity contribution >= 4 is 5.91 Å². The Bertz CT molecular complexity index is 502. The lowest BCUT2D eigenvalue weighted by atomic mass is 9.92. The van der Waals surface area contributed by atoms with Crippen molar-refractivity contribution in [2.45, 2.75) is 32.2 Å². The van der Waals surface area contributed by atoms with Gasteiger partial charge in [0.1, 0.15) is 6.61 Å². The average molecular weight is 306 g/mol. The van der Waals surface area contributed by atoms with Gasteiger partial charge in [0.05, 0.1) is 12.6 Å². The lowest BCUT2D eigenvalue weighted by Crippen LogP contribution is -2.52. The summed E-state index contributed by atoms with van der Waals surface area (Å²) in [6, 6.07) is 5.10. The second-order valence-corrected chi connectivity index (χ2v) is 5.11. The Hall–Kier alpha value is -2.01. The molecule has 0 spiro atoms. The third kappa shape index (κ3) is 4.24. The molecule has 0 unspecified atom stereocenters. The van der Waals surface area contributed by atoms with Crippen molar-refractivity contribution in [1.82, 2.24) is 5.32 Å². The number of carbonyl (C=O) groups excluding carboxylic acids is 1. The second-order valence-electron chi connectivity index (χ2n) is 5.11. The molecule has 5 nitrogen and oxygen atoms in total. The fourth-order valence-electron chi connectivity index (χ4n) is 2.16. The van der Waals surface area contributed by atoms with E-state index in [0.29, 0.717) is 30.2 Å². The number of nitrogens with one attached hydrogen (secondary N) is 1. The van der Waals surface area contributed by atoms with Crippen LogP contribution < -0.4 is 20.5 Å². The van der Waals surface area contributed by atoms with Crippen LogP contribution in [0.5, 0.6) is 11.5 Å². The summed E-state index contributed by atoms with van der Waals surface area (Å²) in [5.41, 5.74) is 5.96. The second kappa shape index (κ2) is 8.44. The highest BCUT2D eigenvalue weighted by Crippen LogP contribution is 2.28. The summed E-state index contributed by atoms with van der Waals surface area (Å²) in [5, 5.41) is 3.03. The van der Waals surface area contributed by atoms with Crippen molar-refractivity contribution in [2.24, 2.45) is 5.73 Å². The first-order valence-corrected chi connectivity index (χ1v) is 7.50. The molecular formula is C17H26N2O3. The number of hydrogen-bond acceptors (Lipinski definition) is 4. The number of hydrogen-bond donors (Lipinski definition) is 2. The topological polar surface area (TPSA) is 73.6 Å². The summed E-state index contributed by atoms with van der Waals surface area (Å²) >= 11 is 0. The fraction of sp³-hybridized carbons (Fsp3) is 0.471. The Balaban J connectivity index is 2.96. The molecule has 0 heterocycles. The maximum absolute atomic E-state index is 12.5. The average Bonchev–Trinajstić information content (AvgIpc) is 2.57.